The molecule has 124 valence electrons. The fourth-order valence-electron chi connectivity index (χ4n) is 2.27. The number of hydrogen-bond donors (Lipinski definition) is 1. The Morgan fingerprint density at radius 2 is 1.57 bits per heavy atom. The van der Waals surface area contributed by atoms with E-state index in [9.17, 15) is 8.42 Å². The number of rotatable bonds is 6. The first-order valence-electron chi connectivity index (χ1n) is 6.98. The van der Waals surface area contributed by atoms with Crippen LogP contribution in [0.25, 0.3) is 0 Å². The van der Waals surface area contributed by atoms with Crippen molar-refractivity contribution in [2.75, 3.05) is 20.6 Å². The van der Waals surface area contributed by atoms with Gasteiger partial charge in [-0.25, -0.2) is 13.1 Å². The lowest BCUT2D eigenvalue weighted by atomic mass is 10.1. The molecule has 0 aromatic heterocycles. The molecule has 0 spiro atoms. The summed E-state index contributed by atoms with van der Waals surface area (Å²) in [6.45, 7) is 0.209. The van der Waals surface area contributed by atoms with Gasteiger partial charge in [0.15, 0.2) is 0 Å². The van der Waals surface area contributed by atoms with Gasteiger partial charge >= 0.3 is 0 Å². The summed E-state index contributed by atoms with van der Waals surface area (Å²) in [4.78, 5) is 1.86. The number of halogens is 2. The van der Waals surface area contributed by atoms with Gasteiger partial charge in [-0.05, 0) is 31.8 Å². The molecule has 0 aliphatic carbocycles. The first-order chi connectivity index (χ1) is 10.8. The van der Waals surface area contributed by atoms with Crippen molar-refractivity contribution in [3.8, 4) is 0 Å². The van der Waals surface area contributed by atoms with Crippen molar-refractivity contribution in [3.05, 3.63) is 64.1 Å². The summed E-state index contributed by atoms with van der Waals surface area (Å²) in [6, 6.07) is 14.2. The average molecular weight is 373 g/mol. The number of benzene rings is 2. The van der Waals surface area contributed by atoms with E-state index >= 15 is 0 Å². The zero-order valence-corrected chi connectivity index (χ0v) is 15.2. The van der Waals surface area contributed by atoms with E-state index in [1.165, 1.54) is 12.1 Å². The van der Waals surface area contributed by atoms with E-state index in [1.807, 2.05) is 49.3 Å². The molecule has 1 N–H and O–H groups in total. The number of nitrogens with zero attached hydrogens (tertiary/aromatic N) is 1. The van der Waals surface area contributed by atoms with Gasteiger partial charge in [-0.1, -0.05) is 59.6 Å². The fraction of sp³-hybridized carbons (Fsp3) is 0.250. The molecule has 0 radical (unpaired) electrons. The summed E-state index contributed by atoms with van der Waals surface area (Å²) in [5, 5.41) is 0.206. The van der Waals surface area contributed by atoms with Crippen LogP contribution in [0, 0.1) is 0 Å². The van der Waals surface area contributed by atoms with E-state index in [4.69, 9.17) is 23.2 Å². The molecular weight excluding hydrogens is 355 g/mol. The molecular formula is C16H18Cl2N2O2S. The molecule has 0 aliphatic rings. The molecule has 23 heavy (non-hydrogen) atoms. The third-order valence-corrected chi connectivity index (χ3v) is 5.84. The van der Waals surface area contributed by atoms with Crippen LogP contribution in [0.15, 0.2) is 53.4 Å². The molecule has 1 atom stereocenters. The molecule has 2 aromatic carbocycles. The summed E-state index contributed by atoms with van der Waals surface area (Å²) >= 11 is 12.0. The molecule has 0 saturated carbocycles. The summed E-state index contributed by atoms with van der Waals surface area (Å²) in [7, 11) is -0.00424. The first kappa shape index (κ1) is 18.2. The fourth-order valence-corrected chi connectivity index (χ4v) is 4.45. The summed E-state index contributed by atoms with van der Waals surface area (Å²) < 4.78 is 27.7. The number of likely N-dealkylation sites (N-methyl/N-ethyl adjacent to an activating group) is 1. The summed E-state index contributed by atoms with van der Waals surface area (Å²) in [5.74, 6) is 0. The second-order valence-electron chi connectivity index (χ2n) is 5.29. The molecule has 1 unspecified atom stereocenters. The Bertz CT molecular complexity index is 745. The Labute approximate surface area is 147 Å². The van der Waals surface area contributed by atoms with Gasteiger partial charge in [0.25, 0.3) is 0 Å². The van der Waals surface area contributed by atoms with E-state index in [-0.39, 0.29) is 27.5 Å². The van der Waals surface area contributed by atoms with Crippen molar-refractivity contribution < 1.29 is 8.42 Å². The molecule has 0 fully saturated rings. The predicted molar refractivity (Wildman–Crippen MR) is 94.5 cm³/mol. The highest BCUT2D eigenvalue weighted by atomic mass is 35.5. The van der Waals surface area contributed by atoms with Gasteiger partial charge in [-0.15, -0.1) is 0 Å². The second kappa shape index (κ2) is 7.64. The molecule has 0 heterocycles. The van der Waals surface area contributed by atoms with E-state index < -0.39 is 10.0 Å². The molecule has 0 bridgehead atoms. The van der Waals surface area contributed by atoms with Gasteiger partial charge in [0.05, 0.1) is 10.0 Å². The molecule has 2 aromatic rings. The van der Waals surface area contributed by atoms with Gasteiger partial charge in [0, 0.05) is 12.6 Å². The van der Waals surface area contributed by atoms with Crippen LogP contribution in [-0.4, -0.2) is 34.0 Å². The van der Waals surface area contributed by atoms with Crippen molar-refractivity contribution in [1.29, 1.82) is 0 Å². The van der Waals surface area contributed by atoms with Crippen LogP contribution < -0.4 is 4.72 Å². The van der Waals surface area contributed by atoms with E-state index in [1.54, 1.807) is 6.07 Å². The normalized spacial score (nSPS) is 13.3. The highest BCUT2D eigenvalue weighted by Gasteiger charge is 2.23. The quantitative estimate of drug-likeness (QED) is 0.842. The van der Waals surface area contributed by atoms with Crippen LogP contribution in [0.3, 0.4) is 0 Å². The molecule has 0 aliphatic heterocycles. The van der Waals surface area contributed by atoms with Gasteiger partial charge in [0.2, 0.25) is 10.0 Å². The highest BCUT2D eigenvalue weighted by molar-refractivity contribution is 7.89. The zero-order chi connectivity index (χ0) is 17.0. The lowest BCUT2D eigenvalue weighted by Crippen LogP contribution is -2.34. The Kier molecular flexibility index (Phi) is 6.06. The van der Waals surface area contributed by atoms with Crippen LogP contribution >= 0.6 is 23.2 Å². The topological polar surface area (TPSA) is 49.4 Å². The first-order valence-corrected chi connectivity index (χ1v) is 9.22. The van der Waals surface area contributed by atoms with Crippen molar-refractivity contribution in [2.45, 2.75) is 10.9 Å². The Hall–Kier alpha value is -1.11. The van der Waals surface area contributed by atoms with Crippen LogP contribution in [0.1, 0.15) is 11.6 Å². The van der Waals surface area contributed by atoms with Gasteiger partial charge in [-0.2, -0.15) is 0 Å². The van der Waals surface area contributed by atoms with E-state index in [2.05, 4.69) is 4.72 Å². The second-order valence-corrected chi connectivity index (χ2v) is 7.81. The number of sulfonamides is 1. The third kappa shape index (κ3) is 4.46. The van der Waals surface area contributed by atoms with Crippen molar-refractivity contribution in [2.24, 2.45) is 0 Å². The zero-order valence-electron chi connectivity index (χ0n) is 12.8. The summed E-state index contributed by atoms with van der Waals surface area (Å²) in [5.41, 5.74) is 1.02. The largest absolute Gasteiger partial charge is 0.301 e. The third-order valence-electron chi connectivity index (χ3n) is 3.46. The van der Waals surface area contributed by atoms with Crippen LogP contribution in [0.2, 0.25) is 10.0 Å². The average Bonchev–Trinajstić information content (AvgIpc) is 2.47. The predicted octanol–water partition coefficient (Wildman–Crippen LogP) is 3.57. The maximum atomic E-state index is 12.5. The Balaban J connectivity index is 2.24. The lowest BCUT2D eigenvalue weighted by Gasteiger charge is -2.25. The summed E-state index contributed by atoms with van der Waals surface area (Å²) in [6.07, 6.45) is 0. The highest BCUT2D eigenvalue weighted by Crippen LogP contribution is 2.29. The minimum Gasteiger partial charge on any atom is -0.301 e. The van der Waals surface area contributed by atoms with Crippen molar-refractivity contribution in [3.63, 3.8) is 0 Å². The van der Waals surface area contributed by atoms with E-state index in [0.717, 1.165) is 5.56 Å². The number of hydrogen-bond acceptors (Lipinski definition) is 3. The Morgan fingerprint density at radius 1 is 1.00 bits per heavy atom. The maximum Gasteiger partial charge on any atom is 0.243 e. The lowest BCUT2D eigenvalue weighted by molar-refractivity contribution is 0.299. The van der Waals surface area contributed by atoms with Gasteiger partial charge in [0.1, 0.15) is 4.90 Å². The monoisotopic (exact) mass is 372 g/mol. The molecule has 0 saturated heterocycles. The molecule has 4 nitrogen and oxygen atoms in total. The molecule has 0 amide bonds. The number of nitrogens with one attached hydrogen (secondary N) is 1. The molecule has 7 heteroatoms. The minimum atomic E-state index is -3.80. The van der Waals surface area contributed by atoms with Crippen molar-refractivity contribution >= 4 is 33.2 Å². The van der Waals surface area contributed by atoms with Gasteiger partial charge < -0.3 is 4.90 Å². The molecule has 2 rings (SSSR count). The minimum absolute atomic E-state index is 0.0890. The Morgan fingerprint density at radius 3 is 2.09 bits per heavy atom. The van der Waals surface area contributed by atoms with Crippen molar-refractivity contribution in [1.82, 2.24) is 9.62 Å². The SMILES string of the molecule is CN(C)C(CNS(=O)(=O)c1c(Cl)cccc1Cl)c1ccccc1. The van der Waals surface area contributed by atoms with E-state index in [0.29, 0.717) is 0 Å². The van der Waals surface area contributed by atoms with Gasteiger partial charge in [-0.3, -0.25) is 0 Å². The van der Waals surface area contributed by atoms with Crippen LogP contribution in [-0.2, 0) is 10.0 Å². The smallest absolute Gasteiger partial charge is 0.243 e. The van der Waals surface area contributed by atoms with Crippen LogP contribution in [0.4, 0.5) is 0 Å². The maximum absolute atomic E-state index is 12.5. The van der Waals surface area contributed by atoms with Crippen LogP contribution in [0.5, 0.6) is 0 Å². The standard InChI is InChI=1S/C16H18Cl2N2O2S/c1-20(2)15(12-7-4-3-5-8-12)11-19-23(21,22)16-13(17)9-6-10-14(16)18/h3-10,15,19H,11H2,1-2H3.